The maximum Gasteiger partial charge on any atom is 0.220 e. The van der Waals surface area contributed by atoms with Crippen LogP contribution >= 0.6 is 0 Å². The largest absolute Gasteiger partial charge is 0.417 e. The van der Waals surface area contributed by atoms with Gasteiger partial charge in [0, 0.05) is 25.1 Å². The standard InChI is InChI=1S/C18H41N3O2Si/c1-17(2,3)24(6,7)23-15-9-14-21-18(4,5)11-10-16(22)20-13-8-12-19/h21H,8-15,19H2,1-7H3,(H,20,22). The zero-order chi connectivity index (χ0) is 18.9. The molecule has 0 spiro atoms. The fraction of sp³-hybridized carbons (Fsp3) is 0.944. The third kappa shape index (κ3) is 10.4. The van der Waals surface area contributed by atoms with Crippen LogP contribution in [0.3, 0.4) is 0 Å². The summed E-state index contributed by atoms with van der Waals surface area (Å²) in [5.41, 5.74) is 5.38. The van der Waals surface area contributed by atoms with Gasteiger partial charge in [0.1, 0.15) is 0 Å². The zero-order valence-electron chi connectivity index (χ0n) is 17.1. The number of nitrogens with two attached hydrogens (primary N) is 1. The van der Waals surface area contributed by atoms with E-state index in [0.29, 0.717) is 19.5 Å². The lowest BCUT2D eigenvalue weighted by Crippen LogP contribution is -2.43. The smallest absolute Gasteiger partial charge is 0.220 e. The maximum atomic E-state index is 11.8. The van der Waals surface area contributed by atoms with E-state index in [9.17, 15) is 4.79 Å². The number of hydrogen-bond donors (Lipinski definition) is 3. The van der Waals surface area contributed by atoms with E-state index in [1.807, 2.05) is 0 Å². The molecular weight excluding hydrogens is 318 g/mol. The van der Waals surface area contributed by atoms with Crippen molar-refractivity contribution in [2.45, 2.75) is 84.0 Å². The molecule has 0 aromatic carbocycles. The molecule has 0 saturated heterocycles. The highest BCUT2D eigenvalue weighted by molar-refractivity contribution is 6.74. The Labute approximate surface area is 150 Å². The Bertz CT molecular complexity index is 366. The Morgan fingerprint density at radius 2 is 1.71 bits per heavy atom. The summed E-state index contributed by atoms with van der Waals surface area (Å²) in [6, 6.07) is 0. The molecule has 0 radical (unpaired) electrons. The van der Waals surface area contributed by atoms with E-state index in [0.717, 1.165) is 32.4 Å². The summed E-state index contributed by atoms with van der Waals surface area (Å²) in [6.45, 7) is 18.7. The van der Waals surface area contributed by atoms with Gasteiger partial charge >= 0.3 is 0 Å². The molecule has 0 unspecified atom stereocenters. The first-order valence-electron chi connectivity index (χ1n) is 9.27. The Hall–Kier alpha value is -0.433. The predicted molar refractivity (Wildman–Crippen MR) is 106 cm³/mol. The molecule has 5 nitrogen and oxygen atoms in total. The van der Waals surface area contributed by atoms with Crippen molar-refractivity contribution in [1.82, 2.24) is 10.6 Å². The van der Waals surface area contributed by atoms with E-state index in [-0.39, 0.29) is 16.5 Å². The van der Waals surface area contributed by atoms with Crippen molar-refractivity contribution in [2.75, 3.05) is 26.2 Å². The monoisotopic (exact) mass is 359 g/mol. The topological polar surface area (TPSA) is 76.4 Å². The highest BCUT2D eigenvalue weighted by Gasteiger charge is 2.36. The summed E-state index contributed by atoms with van der Waals surface area (Å²) in [5, 5.41) is 6.70. The van der Waals surface area contributed by atoms with Gasteiger partial charge in [-0.1, -0.05) is 20.8 Å². The highest BCUT2D eigenvalue weighted by Crippen LogP contribution is 2.36. The quantitative estimate of drug-likeness (QED) is 0.370. The Morgan fingerprint density at radius 3 is 2.25 bits per heavy atom. The number of carbonyl (C=O) groups excluding carboxylic acids is 1. The summed E-state index contributed by atoms with van der Waals surface area (Å²) < 4.78 is 6.19. The molecular formula is C18H41N3O2Si. The van der Waals surface area contributed by atoms with Crippen LogP contribution in [0.4, 0.5) is 0 Å². The molecule has 0 bridgehead atoms. The third-order valence-corrected chi connectivity index (χ3v) is 9.41. The SMILES string of the molecule is CC(C)(CCC(=O)NCCCN)NCCCO[Si](C)(C)C(C)(C)C. The van der Waals surface area contributed by atoms with Crippen molar-refractivity contribution in [3.63, 3.8) is 0 Å². The molecule has 0 saturated carbocycles. The molecule has 144 valence electrons. The number of carbonyl (C=O) groups is 1. The van der Waals surface area contributed by atoms with Crippen LogP contribution in [0.1, 0.15) is 60.3 Å². The lowest BCUT2D eigenvalue weighted by atomic mass is 9.98. The summed E-state index contributed by atoms with van der Waals surface area (Å²) in [7, 11) is -1.64. The second-order valence-corrected chi connectivity index (χ2v) is 13.6. The first-order chi connectivity index (χ1) is 10.9. The molecule has 0 atom stereocenters. The van der Waals surface area contributed by atoms with Crippen LogP contribution in [0.5, 0.6) is 0 Å². The molecule has 1 amide bonds. The predicted octanol–water partition coefficient (Wildman–Crippen LogP) is 3.01. The lowest BCUT2D eigenvalue weighted by Gasteiger charge is -2.36. The van der Waals surface area contributed by atoms with Gasteiger partial charge in [0.05, 0.1) is 0 Å². The number of hydrogen-bond acceptors (Lipinski definition) is 4. The van der Waals surface area contributed by atoms with Gasteiger partial charge in [0.25, 0.3) is 0 Å². The van der Waals surface area contributed by atoms with Gasteiger partial charge in [-0.2, -0.15) is 0 Å². The molecule has 24 heavy (non-hydrogen) atoms. The van der Waals surface area contributed by atoms with Gasteiger partial charge in [0.15, 0.2) is 8.32 Å². The van der Waals surface area contributed by atoms with Gasteiger partial charge in [-0.3, -0.25) is 4.79 Å². The van der Waals surface area contributed by atoms with Crippen LogP contribution in [-0.2, 0) is 9.22 Å². The molecule has 0 aliphatic carbocycles. The van der Waals surface area contributed by atoms with Crippen LogP contribution in [-0.4, -0.2) is 46.0 Å². The zero-order valence-corrected chi connectivity index (χ0v) is 18.1. The van der Waals surface area contributed by atoms with E-state index < -0.39 is 8.32 Å². The van der Waals surface area contributed by atoms with Crippen molar-refractivity contribution in [3.05, 3.63) is 0 Å². The first kappa shape index (κ1) is 23.6. The Balaban J connectivity index is 3.91. The molecule has 0 fully saturated rings. The van der Waals surface area contributed by atoms with Crippen LogP contribution in [0.15, 0.2) is 0 Å². The normalized spacial score (nSPS) is 13.2. The minimum absolute atomic E-state index is 0.0395. The number of amides is 1. The summed E-state index contributed by atoms with van der Waals surface area (Å²) in [5.74, 6) is 0.111. The lowest BCUT2D eigenvalue weighted by molar-refractivity contribution is -0.121. The van der Waals surface area contributed by atoms with Gasteiger partial charge in [-0.05, 0) is 64.3 Å². The van der Waals surface area contributed by atoms with E-state index in [1.165, 1.54) is 0 Å². The first-order valence-corrected chi connectivity index (χ1v) is 12.2. The molecule has 0 aromatic rings. The fourth-order valence-electron chi connectivity index (χ4n) is 1.98. The van der Waals surface area contributed by atoms with E-state index in [1.54, 1.807) is 0 Å². The molecule has 0 aliphatic rings. The molecule has 0 aromatic heterocycles. The van der Waals surface area contributed by atoms with Crippen molar-refractivity contribution in [2.24, 2.45) is 5.73 Å². The highest BCUT2D eigenvalue weighted by atomic mass is 28.4. The van der Waals surface area contributed by atoms with Crippen LogP contribution in [0.2, 0.25) is 18.1 Å². The fourth-order valence-corrected chi connectivity index (χ4v) is 3.06. The van der Waals surface area contributed by atoms with Gasteiger partial charge in [-0.25, -0.2) is 0 Å². The second kappa shape index (κ2) is 10.5. The van der Waals surface area contributed by atoms with Crippen LogP contribution in [0, 0.1) is 0 Å². The molecule has 0 rings (SSSR count). The van der Waals surface area contributed by atoms with Gasteiger partial charge in [-0.15, -0.1) is 0 Å². The Morgan fingerprint density at radius 1 is 1.08 bits per heavy atom. The average molecular weight is 360 g/mol. The molecule has 6 heteroatoms. The minimum Gasteiger partial charge on any atom is -0.417 e. The molecule has 4 N–H and O–H groups in total. The summed E-state index contributed by atoms with van der Waals surface area (Å²) in [4.78, 5) is 11.8. The van der Waals surface area contributed by atoms with Crippen molar-refractivity contribution in [3.8, 4) is 0 Å². The summed E-state index contributed by atoms with van der Waals surface area (Å²) in [6.07, 6.45) is 3.20. The average Bonchev–Trinajstić information content (AvgIpc) is 2.44. The molecule has 0 heterocycles. The third-order valence-electron chi connectivity index (χ3n) is 4.87. The van der Waals surface area contributed by atoms with E-state index in [2.05, 4.69) is 58.3 Å². The van der Waals surface area contributed by atoms with E-state index >= 15 is 0 Å². The second-order valence-electron chi connectivity index (χ2n) is 8.77. The molecule has 0 aliphatic heterocycles. The minimum atomic E-state index is -1.64. The number of nitrogens with one attached hydrogen (secondary N) is 2. The van der Waals surface area contributed by atoms with E-state index in [4.69, 9.17) is 10.2 Å². The van der Waals surface area contributed by atoms with Gasteiger partial charge in [0.2, 0.25) is 5.91 Å². The van der Waals surface area contributed by atoms with Crippen LogP contribution in [0.25, 0.3) is 0 Å². The van der Waals surface area contributed by atoms with Crippen LogP contribution < -0.4 is 16.4 Å². The van der Waals surface area contributed by atoms with Crippen molar-refractivity contribution < 1.29 is 9.22 Å². The number of rotatable bonds is 12. The maximum absolute atomic E-state index is 11.8. The van der Waals surface area contributed by atoms with Gasteiger partial charge < -0.3 is 20.8 Å². The summed E-state index contributed by atoms with van der Waals surface area (Å²) >= 11 is 0. The Kier molecular flexibility index (Phi) is 10.3. The van der Waals surface area contributed by atoms with Crippen molar-refractivity contribution >= 4 is 14.2 Å². The van der Waals surface area contributed by atoms with Crippen molar-refractivity contribution in [1.29, 1.82) is 0 Å².